The van der Waals surface area contributed by atoms with E-state index in [0.717, 1.165) is 18.8 Å². The zero-order valence-corrected chi connectivity index (χ0v) is 12.5. The normalized spacial score (nSPS) is 12.8. The number of methoxy groups -OCH3 is 1. The molecule has 0 radical (unpaired) electrons. The average Bonchev–Trinajstić information content (AvgIpc) is 2.46. The molecule has 2 aromatic rings. The lowest BCUT2D eigenvalue weighted by molar-refractivity contribution is 0.105. The van der Waals surface area contributed by atoms with Gasteiger partial charge in [0.15, 0.2) is 0 Å². The van der Waals surface area contributed by atoms with Crippen LogP contribution < -0.4 is 4.74 Å². The molecule has 0 aliphatic carbocycles. The van der Waals surface area contributed by atoms with Crippen LogP contribution in [0.25, 0.3) is 10.8 Å². The largest absolute Gasteiger partial charge is 0.493 e. The number of fused-ring (bicyclic) bond motifs is 1. The van der Waals surface area contributed by atoms with Gasteiger partial charge in [-0.15, -0.1) is 0 Å². The molecule has 0 saturated heterocycles. The smallest absolute Gasteiger partial charge is 0.127 e. The second-order valence-corrected chi connectivity index (χ2v) is 5.19. The van der Waals surface area contributed by atoms with E-state index in [1.54, 1.807) is 7.11 Å². The average molecular weight is 273 g/mol. The van der Waals surface area contributed by atoms with Crippen molar-refractivity contribution in [3.05, 3.63) is 42.5 Å². The van der Waals surface area contributed by atoms with Crippen molar-refractivity contribution in [3.8, 4) is 5.75 Å². The fourth-order valence-corrected chi connectivity index (χ4v) is 2.31. The maximum Gasteiger partial charge on any atom is 0.127 e. The molecule has 0 aliphatic rings. The van der Waals surface area contributed by atoms with Crippen LogP contribution in [0, 0.1) is 0 Å². The summed E-state index contributed by atoms with van der Waals surface area (Å²) in [6, 6.07) is 14.9. The topological polar surface area (TPSA) is 21.7 Å². The molecular formula is C17H23NO2. The van der Waals surface area contributed by atoms with Gasteiger partial charge in [0.2, 0.25) is 0 Å². The van der Waals surface area contributed by atoms with Crippen LogP contribution in [0.2, 0.25) is 0 Å². The van der Waals surface area contributed by atoms with Gasteiger partial charge in [0, 0.05) is 18.5 Å². The van der Waals surface area contributed by atoms with Crippen LogP contribution in [0.5, 0.6) is 5.75 Å². The Morgan fingerprint density at radius 1 is 1.05 bits per heavy atom. The zero-order valence-electron chi connectivity index (χ0n) is 12.5. The van der Waals surface area contributed by atoms with Crippen molar-refractivity contribution in [2.45, 2.75) is 12.5 Å². The van der Waals surface area contributed by atoms with Gasteiger partial charge >= 0.3 is 0 Å². The summed E-state index contributed by atoms with van der Waals surface area (Å²) in [6.45, 7) is 1.42. The minimum atomic E-state index is 0.384. The van der Waals surface area contributed by atoms with Crippen LogP contribution >= 0.6 is 0 Å². The molecule has 0 N–H and O–H groups in total. The summed E-state index contributed by atoms with van der Waals surface area (Å²) in [4.78, 5) is 2.18. The fourth-order valence-electron chi connectivity index (χ4n) is 2.31. The minimum absolute atomic E-state index is 0.384. The Hall–Kier alpha value is -1.58. The minimum Gasteiger partial charge on any atom is -0.493 e. The van der Waals surface area contributed by atoms with Crippen LogP contribution in [0.15, 0.2) is 42.5 Å². The van der Waals surface area contributed by atoms with Gasteiger partial charge in [-0.25, -0.2) is 0 Å². The first kappa shape index (κ1) is 14.8. The van der Waals surface area contributed by atoms with Gasteiger partial charge in [-0.2, -0.15) is 0 Å². The quantitative estimate of drug-likeness (QED) is 0.773. The lowest BCUT2D eigenvalue weighted by atomic mass is 10.1. The highest BCUT2D eigenvalue weighted by Crippen LogP contribution is 2.25. The Labute approximate surface area is 121 Å². The third kappa shape index (κ3) is 3.71. The predicted octanol–water partition coefficient (Wildman–Crippen LogP) is 3.19. The molecule has 0 spiro atoms. The van der Waals surface area contributed by atoms with Gasteiger partial charge in [-0.05, 0) is 32.0 Å². The summed E-state index contributed by atoms with van der Waals surface area (Å²) in [5.74, 6) is 0.957. The lowest BCUT2D eigenvalue weighted by Crippen LogP contribution is -2.33. The van der Waals surface area contributed by atoms with Gasteiger partial charge in [-0.1, -0.05) is 36.4 Å². The molecule has 108 valence electrons. The van der Waals surface area contributed by atoms with E-state index in [2.05, 4.69) is 37.2 Å². The monoisotopic (exact) mass is 273 g/mol. The van der Waals surface area contributed by atoms with Crippen molar-refractivity contribution in [3.63, 3.8) is 0 Å². The lowest BCUT2D eigenvalue weighted by Gasteiger charge is -2.23. The van der Waals surface area contributed by atoms with Crippen molar-refractivity contribution in [2.24, 2.45) is 0 Å². The number of benzene rings is 2. The first-order chi connectivity index (χ1) is 9.72. The highest BCUT2D eigenvalue weighted by atomic mass is 16.5. The molecule has 0 saturated carbocycles. The zero-order chi connectivity index (χ0) is 14.4. The molecule has 1 atom stereocenters. The molecule has 0 heterocycles. The molecule has 0 amide bonds. The molecule has 3 nitrogen and oxygen atoms in total. The van der Waals surface area contributed by atoms with Crippen molar-refractivity contribution in [1.82, 2.24) is 4.90 Å². The molecule has 0 aliphatic heterocycles. The van der Waals surface area contributed by atoms with Gasteiger partial charge in [0.25, 0.3) is 0 Å². The highest BCUT2D eigenvalue weighted by molar-refractivity contribution is 5.88. The standard InChI is InChI=1S/C17H23NO2/c1-18(2)15(13-19-3)11-12-20-17-10-6-8-14-7-4-5-9-16(14)17/h4-10,15H,11-13H2,1-3H3. The maximum atomic E-state index is 5.96. The van der Waals surface area contributed by atoms with Gasteiger partial charge < -0.3 is 14.4 Å². The molecule has 0 aromatic heterocycles. The molecule has 3 heteroatoms. The van der Waals surface area contributed by atoms with Gasteiger partial charge in [0.1, 0.15) is 5.75 Å². The number of ether oxygens (including phenoxy) is 2. The second-order valence-electron chi connectivity index (χ2n) is 5.19. The van der Waals surface area contributed by atoms with Crippen LogP contribution in [0.3, 0.4) is 0 Å². The van der Waals surface area contributed by atoms with Crippen molar-refractivity contribution < 1.29 is 9.47 Å². The summed E-state index contributed by atoms with van der Waals surface area (Å²) in [5, 5.41) is 2.38. The van der Waals surface area contributed by atoms with Gasteiger partial charge in [0.05, 0.1) is 13.2 Å². The predicted molar refractivity (Wildman–Crippen MR) is 83.4 cm³/mol. The van der Waals surface area contributed by atoms with Crippen LogP contribution in [0.1, 0.15) is 6.42 Å². The maximum absolute atomic E-state index is 5.96. The molecule has 0 bridgehead atoms. The van der Waals surface area contributed by atoms with E-state index >= 15 is 0 Å². The number of rotatable bonds is 7. The van der Waals surface area contributed by atoms with E-state index in [1.807, 2.05) is 24.3 Å². The number of hydrogen-bond acceptors (Lipinski definition) is 3. The molecule has 20 heavy (non-hydrogen) atoms. The van der Waals surface area contributed by atoms with Gasteiger partial charge in [-0.3, -0.25) is 0 Å². The number of nitrogens with zero attached hydrogens (tertiary/aromatic N) is 1. The van der Waals surface area contributed by atoms with Crippen molar-refractivity contribution in [2.75, 3.05) is 34.4 Å². The van der Waals surface area contributed by atoms with E-state index in [4.69, 9.17) is 9.47 Å². The number of likely N-dealkylation sites (N-methyl/N-ethyl adjacent to an activating group) is 1. The Bertz CT molecular complexity index is 534. The van der Waals surface area contributed by atoms with E-state index in [-0.39, 0.29) is 0 Å². The van der Waals surface area contributed by atoms with Crippen LogP contribution in [-0.4, -0.2) is 45.4 Å². The summed E-state index contributed by atoms with van der Waals surface area (Å²) in [7, 11) is 5.88. The molecule has 2 aromatic carbocycles. The SMILES string of the molecule is COCC(CCOc1cccc2ccccc12)N(C)C. The molecule has 1 unspecified atom stereocenters. The van der Waals surface area contributed by atoms with Crippen LogP contribution in [0.4, 0.5) is 0 Å². The van der Waals surface area contributed by atoms with E-state index in [0.29, 0.717) is 12.6 Å². The summed E-state index contributed by atoms with van der Waals surface area (Å²) < 4.78 is 11.2. The first-order valence-corrected chi connectivity index (χ1v) is 6.98. The summed E-state index contributed by atoms with van der Waals surface area (Å²) in [5.41, 5.74) is 0. The van der Waals surface area contributed by atoms with E-state index in [1.165, 1.54) is 10.8 Å². The summed E-state index contributed by atoms with van der Waals surface area (Å²) >= 11 is 0. The fraction of sp³-hybridized carbons (Fsp3) is 0.412. The molecule has 2 rings (SSSR count). The third-order valence-electron chi connectivity index (χ3n) is 3.55. The Balaban J connectivity index is 1.99. The van der Waals surface area contributed by atoms with E-state index < -0.39 is 0 Å². The Morgan fingerprint density at radius 3 is 2.55 bits per heavy atom. The van der Waals surface area contributed by atoms with E-state index in [9.17, 15) is 0 Å². The first-order valence-electron chi connectivity index (χ1n) is 6.98. The second kappa shape index (κ2) is 7.27. The molecular weight excluding hydrogens is 250 g/mol. The number of hydrogen-bond donors (Lipinski definition) is 0. The highest BCUT2D eigenvalue weighted by Gasteiger charge is 2.11. The van der Waals surface area contributed by atoms with Crippen molar-refractivity contribution in [1.29, 1.82) is 0 Å². The Kier molecular flexibility index (Phi) is 5.39. The van der Waals surface area contributed by atoms with Crippen LogP contribution in [-0.2, 0) is 4.74 Å². The third-order valence-corrected chi connectivity index (χ3v) is 3.55. The summed E-state index contributed by atoms with van der Waals surface area (Å²) in [6.07, 6.45) is 0.948. The Morgan fingerprint density at radius 2 is 1.80 bits per heavy atom. The van der Waals surface area contributed by atoms with Crippen molar-refractivity contribution >= 4 is 10.8 Å². The molecule has 0 fully saturated rings.